The summed E-state index contributed by atoms with van der Waals surface area (Å²) in [6.45, 7) is 10.1. The van der Waals surface area contributed by atoms with Gasteiger partial charge in [0.25, 0.3) is 0 Å². The molecule has 1 aromatic carbocycles. The fourth-order valence-corrected chi connectivity index (χ4v) is 2.74. The molecule has 1 fully saturated rings. The molecule has 0 amide bonds. The van der Waals surface area contributed by atoms with E-state index in [1.54, 1.807) is 0 Å². The quantitative estimate of drug-likeness (QED) is 0.797. The van der Waals surface area contributed by atoms with Crippen LogP contribution in [0.25, 0.3) is 0 Å². The second-order valence-corrected chi connectivity index (χ2v) is 6.02. The first-order valence-corrected chi connectivity index (χ1v) is 7.58. The number of hydrogen-bond donors (Lipinski definition) is 0. The van der Waals surface area contributed by atoms with Crippen molar-refractivity contribution in [2.24, 2.45) is 5.92 Å². The Bertz CT molecular complexity index is 363. The Hall–Kier alpha value is -1.02. The fraction of sp³-hybridized carbons (Fsp3) is 0.647. The minimum atomic E-state index is 0.699. The van der Waals surface area contributed by atoms with Crippen molar-refractivity contribution in [3.05, 3.63) is 29.8 Å². The van der Waals surface area contributed by atoms with Crippen LogP contribution in [0.3, 0.4) is 0 Å². The van der Waals surface area contributed by atoms with Crippen molar-refractivity contribution in [3.63, 3.8) is 0 Å². The summed E-state index contributed by atoms with van der Waals surface area (Å²) in [5.74, 6) is 1.85. The monoisotopic (exact) mass is 261 g/mol. The SMILES string of the molecule is Cc1ccc(OCCC2CCN(C(C)C)CC2)cc1. The summed E-state index contributed by atoms with van der Waals surface area (Å²) in [6.07, 6.45) is 3.85. The van der Waals surface area contributed by atoms with Gasteiger partial charge in [0.05, 0.1) is 6.61 Å². The van der Waals surface area contributed by atoms with Gasteiger partial charge < -0.3 is 9.64 Å². The van der Waals surface area contributed by atoms with E-state index in [1.165, 1.54) is 37.9 Å². The Kier molecular flexibility index (Phi) is 5.26. The van der Waals surface area contributed by atoms with E-state index in [2.05, 4.69) is 49.9 Å². The Balaban J connectivity index is 1.65. The van der Waals surface area contributed by atoms with E-state index in [0.717, 1.165) is 18.3 Å². The highest BCUT2D eigenvalue weighted by Crippen LogP contribution is 2.22. The molecule has 0 aromatic heterocycles. The summed E-state index contributed by atoms with van der Waals surface area (Å²) in [4.78, 5) is 2.58. The van der Waals surface area contributed by atoms with Crippen molar-refractivity contribution in [2.45, 2.75) is 46.1 Å². The Morgan fingerprint density at radius 1 is 1.16 bits per heavy atom. The number of hydrogen-bond acceptors (Lipinski definition) is 2. The summed E-state index contributed by atoms with van der Waals surface area (Å²) >= 11 is 0. The molecule has 1 aliphatic heterocycles. The van der Waals surface area contributed by atoms with E-state index in [9.17, 15) is 0 Å². The van der Waals surface area contributed by atoms with E-state index < -0.39 is 0 Å². The molecule has 1 aliphatic rings. The first kappa shape index (κ1) is 14.4. The van der Waals surface area contributed by atoms with E-state index in [4.69, 9.17) is 4.74 Å². The molecule has 0 radical (unpaired) electrons. The number of rotatable bonds is 5. The summed E-state index contributed by atoms with van der Waals surface area (Å²) in [5.41, 5.74) is 1.29. The zero-order chi connectivity index (χ0) is 13.7. The first-order valence-electron chi connectivity index (χ1n) is 7.58. The normalized spacial score (nSPS) is 17.9. The molecule has 0 aliphatic carbocycles. The average Bonchev–Trinajstić information content (AvgIpc) is 2.41. The third kappa shape index (κ3) is 4.54. The standard InChI is InChI=1S/C17H27NO/c1-14(2)18-11-8-16(9-12-18)10-13-19-17-6-4-15(3)5-7-17/h4-7,14,16H,8-13H2,1-3H3. The number of benzene rings is 1. The lowest BCUT2D eigenvalue weighted by Gasteiger charge is -2.34. The Labute approximate surface area is 117 Å². The zero-order valence-electron chi connectivity index (χ0n) is 12.6. The van der Waals surface area contributed by atoms with Gasteiger partial charge >= 0.3 is 0 Å². The summed E-state index contributed by atoms with van der Waals surface area (Å²) in [7, 11) is 0. The van der Waals surface area contributed by atoms with E-state index in [-0.39, 0.29) is 0 Å². The van der Waals surface area contributed by atoms with Gasteiger partial charge in [-0.2, -0.15) is 0 Å². The third-order valence-corrected chi connectivity index (χ3v) is 4.20. The van der Waals surface area contributed by atoms with Crippen molar-refractivity contribution in [2.75, 3.05) is 19.7 Å². The lowest BCUT2D eigenvalue weighted by atomic mass is 9.93. The van der Waals surface area contributed by atoms with Crippen LogP contribution in [0.15, 0.2) is 24.3 Å². The van der Waals surface area contributed by atoms with Gasteiger partial charge in [0.1, 0.15) is 5.75 Å². The van der Waals surface area contributed by atoms with Gasteiger partial charge in [-0.3, -0.25) is 0 Å². The molecule has 0 bridgehead atoms. The largest absolute Gasteiger partial charge is 0.494 e. The van der Waals surface area contributed by atoms with Crippen LogP contribution >= 0.6 is 0 Å². The van der Waals surface area contributed by atoms with Crippen LogP contribution < -0.4 is 4.74 Å². The van der Waals surface area contributed by atoms with Crippen LogP contribution in [0.2, 0.25) is 0 Å². The smallest absolute Gasteiger partial charge is 0.119 e. The van der Waals surface area contributed by atoms with Gasteiger partial charge in [-0.15, -0.1) is 0 Å². The average molecular weight is 261 g/mol. The van der Waals surface area contributed by atoms with Gasteiger partial charge in [0.15, 0.2) is 0 Å². The molecular formula is C17H27NO. The molecule has 2 heteroatoms. The summed E-state index contributed by atoms with van der Waals surface area (Å²) in [5, 5.41) is 0. The molecule has 0 unspecified atom stereocenters. The van der Waals surface area contributed by atoms with Gasteiger partial charge in [0, 0.05) is 6.04 Å². The predicted molar refractivity (Wildman–Crippen MR) is 80.7 cm³/mol. The topological polar surface area (TPSA) is 12.5 Å². The van der Waals surface area contributed by atoms with Crippen LogP contribution in [0.4, 0.5) is 0 Å². The van der Waals surface area contributed by atoms with Crippen LogP contribution in [0, 0.1) is 12.8 Å². The highest BCUT2D eigenvalue weighted by atomic mass is 16.5. The van der Waals surface area contributed by atoms with E-state index in [0.29, 0.717) is 6.04 Å². The van der Waals surface area contributed by atoms with Gasteiger partial charge in [-0.25, -0.2) is 0 Å². The number of piperidine rings is 1. The molecule has 0 spiro atoms. The molecule has 106 valence electrons. The van der Waals surface area contributed by atoms with Crippen LogP contribution in [0.5, 0.6) is 5.75 Å². The lowest BCUT2D eigenvalue weighted by Crippen LogP contribution is -2.38. The molecule has 1 aromatic rings. The molecule has 1 saturated heterocycles. The lowest BCUT2D eigenvalue weighted by molar-refractivity contribution is 0.135. The molecule has 0 saturated carbocycles. The van der Waals surface area contributed by atoms with E-state index in [1.807, 2.05) is 0 Å². The summed E-state index contributed by atoms with van der Waals surface area (Å²) in [6, 6.07) is 9.05. The molecular weight excluding hydrogens is 234 g/mol. The van der Waals surface area contributed by atoms with Crippen molar-refractivity contribution in [1.29, 1.82) is 0 Å². The number of ether oxygens (including phenoxy) is 1. The third-order valence-electron chi connectivity index (χ3n) is 4.20. The molecule has 2 nitrogen and oxygen atoms in total. The minimum absolute atomic E-state index is 0.699. The minimum Gasteiger partial charge on any atom is -0.494 e. The molecule has 19 heavy (non-hydrogen) atoms. The first-order chi connectivity index (χ1) is 9.15. The van der Waals surface area contributed by atoms with Crippen molar-refractivity contribution >= 4 is 0 Å². The Morgan fingerprint density at radius 2 is 1.79 bits per heavy atom. The van der Waals surface area contributed by atoms with Crippen LogP contribution in [-0.4, -0.2) is 30.6 Å². The van der Waals surface area contributed by atoms with Crippen LogP contribution in [0.1, 0.15) is 38.7 Å². The van der Waals surface area contributed by atoms with Crippen molar-refractivity contribution in [3.8, 4) is 5.75 Å². The molecule has 0 N–H and O–H groups in total. The fourth-order valence-electron chi connectivity index (χ4n) is 2.74. The maximum Gasteiger partial charge on any atom is 0.119 e. The van der Waals surface area contributed by atoms with Crippen LogP contribution in [-0.2, 0) is 0 Å². The predicted octanol–water partition coefficient (Wildman–Crippen LogP) is 3.88. The molecule has 1 heterocycles. The number of aryl methyl sites for hydroxylation is 1. The van der Waals surface area contributed by atoms with Gasteiger partial charge in [-0.1, -0.05) is 17.7 Å². The summed E-state index contributed by atoms with van der Waals surface area (Å²) < 4.78 is 5.82. The maximum atomic E-state index is 5.82. The van der Waals surface area contributed by atoms with Crippen molar-refractivity contribution in [1.82, 2.24) is 4.90 Å². The second kappa shape index (κ2) is 6.95. The van der Waals surface area contributed by atoms with Crippen molar-refractivity contribution < 1.29 is 4.74 Å². The highest BCUT2D eigenvalue weighted by Gasteiger charge is 2.20. The number of nitrogens with zero attached hydrogens (tertiary/aromatic N) is 1. The Morgan fingerprint density at radius 3 is 2.37 bits per heavy atom. The molecule has 2 rings (SSSR count). The zero-order valence-corrected chi connectivity index (χ0v) is 12.6. The molecule has 0 atom stereocenters. The van der Waals surface area contributed by atoms with E-state index >= 15 is 0 Å². The number of likely N-dealkylation sites (tertiary alicyclic amines) is 1. The van der Waals surface area contributed by atoms with Gasteiger partial charge in [0.2, 0.25) is 0 Å². The second-order valence-electron chi connectivity index (χ2n) is 6.02. The highest BCUT2D eigenvalue weighted by molar-refractivity contribution is 5.26. The maximum absolute atomic E-state index is 5.82. The van der Waals surface area contributed by atoms with Gasteiger partial charge in [-0.05, 0) is 71.2 Å².